The van der Waals surface area contributed by atoms with Gasteiger partial charge in [-0.25, -0.2) is 4.98 Å². The number of nitrogens with one attached hydrogen (secondary N) is 1. The third-order valence-electron chi connectivity index (χ3n) is 3.79. The first kappa shape index (κ1) is 14.9. The van der Waals surface area contributed by atoms with Crippen molar-refractivity contribution >= 4 is 11.1 Å². The minimum atomic E-state index is 0.235. The molecule has 0 radical (unpaired) electrons. The normalized spacial score (nSPS) is 10.5. The Morgan fingerprint density at radius 2 is 1.43 bits per heavy atom. The zero-order valence-electron chi connectivity index (χ0n) is 12.8. The Balaban J connectivity index is 2.24. The lowest BCUT2D eigenvalue weighted by Gasteiger charge is -2.15. The number of aromatic nitrogens is 2. The maximum Gasteiger partial charge on any atom is 0.115 e. The molecule has 0 amide bonds. The summed E-state index contributed by atoms with van der Waals surface area (Å²) in [7, 11) is 0. The van der Waals surface area contributed by atoms with Crippen LogP contribution in [-0.2, 0) is 0 Å². The van der Waals surface area contributed by atoms with Gasteiger partial charge >= 0.3 is 0 Å². The standard InChI is InChI=1S/C19H18N2O2/c1-2-17(18-11-20-12-21-18)19(13-3-7-15(22)8-4-13)14-5-9-16(23)10-6-14/h3-12,22-23H,2H2,1H3,(H,20,21). The third-order valence-corrected chi connectivity index (χ3v) is 3.79. The molecule has 116 valence electrons. The SMILES string of the molecule is CCC(=C(c1ccc(O)cc1)c1ccc(O)cc1)c1cnc[nH]1. The molecule has 0 aliphatic rings. The lowest BCUT2D eigenvalue weighted by atomic mass is 9.90. The Labute approximate surface area is 134 Å². The fourth-order valence-corrected chi connectivity index (χ4v) is 2.69. The summed E-state index contributed by atoms with van der Waals surface area (Å²) in [4.78, 5) is 7.28. The second-order valence-electron chi connectivity index (χ2n) is 5.27. The number of H-pyrrole nitrogens is 1. The van der Waals surface area contributed by atoms with E-state index in [-0.39, 0.29) is 11.5 Å². The molecule has 3 N–H and O–H groups in total. The van der Waals surface area contributed by atoms with Gasteiger partial charge in [-0.15, -0.1) is 0 Å². The maximum absolute atomic E-state index is 9.56. The van der Waals surface area contributed by atoms with Crippen molar-refractivity contribution in [3.8, 4) is 11.5 Å². The number of aromatic amines is 1. The van der Waals surface area contributed by atoms with Crippen LogP contribution in [0.4, 0.5) is 0 Å². The number of hydrogen-bond acceptors (Lipinski definition) is 3. The molecule has 0 saturated carbocycles. The first-order valence-electron chi connectivity index (χ1n) is 7.49. The second kappa shape index (κ2) is 6.40. The van der Waals surface area contributed by atoms with E-state index in [0.717, 1.165) is 34.4 Å². The van der Waals surface area contributed by atoms with Crippen LogP contribution in [0.15, 0.2) is 61.1 Å². The van der Waals surface area contributed by atoms with Crippen LogP contribution in [-0.4, -0.2) is 20.2 Å². The fourth-order valence-electron chi connectivity index (χ4n) is 2.69. The van der Waals surface area contributed by atoms with Gasteiger partial charge in [-0.1, -0.05) is 31.2 Å². The fraction of sp³-hybridized carbons (Fsp3) is 0.105. The smallest absolute Gasteiger partial charge is 0.115 e. The van der Waals surface area contributed by atoms with Gasteiger partial charge in [-0.3, -0.25) is 0 Å². The van der Waals surface area contributed by atoms with Crippen LogP contribution >= 0.6 is 0 Å². The van der Waals surface area contributed by atoms with Crippen LogP contribution in [0.3, 0.4) is 0 Å². The van der Waals surface area contributed by atoms with Crippen LogP contribution in [0.5, 0.6) is 11.5 Å². The summed E-state index contributed by atoms with van der Waals surface area (Å²) in [5, 5.41) is 19.1. The van der Waals surface area contributed by atoms with Crippen molar-refractivity contribution in [2.45, 2.75) is 13.3 Å². The minimum Gasteiger partial charge on any atom is -0.508 e. The topological polar surface area (TPSA) is 69.1 Å². The Kier molecular flexibility index (Phi) is 4.15. The van der Waals surface area contributed by atoms with E-state index in [1.807, 2.05) is 24.3 Å². The van der Waals surface area contributed by atoms with E-state index in [1.54, 1.807) is 36.8 Å². The number of allylic oxidation sites excluding steroid dienone is 1. The van der Waals surface area contributed by atoms with Crippen LogP contribution < -0.4 is 0 Å². The van der Waals surface area contributed by atoms with Gasteiger partial charge in [0.1, 0.15) is 11.5 Å². The average molecular weight is 306 g/mol. The van der Waals surface area contributed by atoms with Gasteiger partial charge in [0.15, 0.2) is 0 Å². The van der Waals surface area contributed by atoms with Crippen molar-refractivity contribution in [1.29, 1.82) is 0 Å². The van der Waals surface area contributed by atoms with E-state index in [4.69, 9.17) is 0 Å². The quantitative estimate of drug-likeness (QED) is 0.677. The predicted octanol–water partition coefficient (Wildman–Crippen LogP) is 4.19. The average Bonchev–Trinajstić information content (AvgIpc) is 3.09. The number of hydrogen-bond donors (Lipinski definition) is 3. The molecule has 0 aliphatic heterocycles. The summed E-state index contributed by atoms with van der Waals surface area (Å²) in [5.74, 6) is 0.469. The van der Waals surface area contributed by atoms with Gasteiger partial charge in [-0.2, -0.15) is 0 Å². The van der Waals surface area contributed by atoms with E-state index in [9.17, 15) is 10.2 Å². The molecule has 0 aliphatic carbocycles. The van der Waals surface area contributed by atoms with Crippen LogP contribution in [0.2, 0.25) is 0 Å². The number of benzene rings is 2. The monoisotopic (exact) mass is 306 g/mol. The zero-order valence-corrected chi connectivity index (χ0v) is 12.8. The molecule has 0 fully saturated rings. The summed E-state index contributed by atoms with van der Waals surface area (Å²) in [5.41, 5.74) is 5.14. The molecule has 4 nitrogen and oxygen atoms in total. The minimum absolute atomic E-state index is 0.235. The molecule has 0 unspecified atom stereocenters. The van der Waals surface area contributed by atoms with Crippen molar-refractivity contribution in [2.75, 3.05) is 0 Å². The first-order chi connectivity index (χ1) is 11.2. The zero-order chi connectivity index (χ0) is 16.2. The molecule has 0 spiro atoms. The number of rotatable bonds is 4. The first-order valence-corrected chi connectivity index (χ1v) is 7.49. The van der Waals surface area contributed by atoms with Crippen LogP contribution in [0.1, 0.15) is 30.2 Å². The van der Waals surface area contributed by atoms with Gasteiger partial charge < -0.3 is 15.2 Å². The highest BCUT2D eigenvalue weighted by Gasteiger charge is 2.14. The molecule has 0 atom stereocenters. The highest BCUT2D eigenvalue weighted by molar-refractivity contribution is 5.97. The van der Waals surface area contributed by atoms with Gasteiger partial charge in [-0.05, 0) is 53.0 Å². The van der Waals surface area contributed by atoms with E-state index >= 15 is 0 Å². The van der Waals surface area contributed by atoms with Crippen LogP contribution in [0, 0.1) is 0 Å². The molecule has 2 aromatic carbocycles. The summed E-state index contributed by atoms with van der Waals surface area (Å²) >= 11 is 0. The summed E-state index contributed by atoms with van der Waals surface area (Å²) in [6, 6.07) is 14.3. The van der Waals surface area contributed by atoms with Crippen molar-refractivity contribution in [1.82, 2.24) is 9.97 Å². The lowest BCUT2D eigenvalue weighted by molar-refractivity contribution is 0.475. The molecule has 4 heteroatoms. The Morgan fingerprint density at radius 1 is 0.913 bits per heavy atom. The number of aromatic hydroxyl groups is 2. The van der Waals surface area contributed by atoms with Gasteiger partial charge in [0.25, 0.3) is 0 Å². The highest BCUT2D eigenvalue weighted by atomic mass is 16.3. The number of nitrogens with zero attached hydrogens (tertiary/aromatic N) is 1. The second-order valence-corrected chi connectivity index (χ2v) is 5.27. The third kappa shape index (κ3) is 3.11. The molecular weight excluding hydrogens is 288 g/mol. The Morgan fingerprint density at radius 3 is 1.83 bits per heavy atom. The lowest BCUT2D eigenvalue weighted by Crippen LogP contribution is -1.95. The molecule has 0 bridgehead atoms. The molecule has 3 rings (SSSR count). The number of imidazole rings is 1. The van der Waals surface area contributed by atoms with Crippen molar-refractivity contribution in [3.63, 3.8) is 0 Å². The van der Waals surface area contributed by atoms with Crippen LogP contribution in [0.25, 0.3) is 11.1 Å². The van der Waals surface area contributed by atoms with E-state index in [0.29, 0.717) is 0 Å². The van der Waals surface area contributed by atoms with E-state index in [1.165, 1.54) is 0 Å². The molecule has 1 heterocycles. The predicted molar refractivity (Wildman–Crippen MR) is 91.0 cm³/mol. The van der Waals surface area contributed by atoms with Crippen molar-refractivity contribution in [3.05, 3.63) is 77.9 Å². The van der Waals surface area contributed by atoms with Crippen molar-refractivity contribution < 1.29 is 10.2 Å². The highest BCUT2D eigenvalue weighted by Crippen LogP contribution is 2.34. The largest absolute Gasteiger partial charge is 0.508 e. The molecule has 23 heavy (non-hydrogen) atoms. The summed E-state index contributed by atoms with van der Waals surface area (Å²) in [6.07, 6.45) is 4.29. The van der Waals surface area contributed by atoms with E-state index < -0.39 is 0 Å². The molecule has 0 saturated heterocycles. The van der Waals surface area contributed by atoms with Crippen molar-refractivity contribution in [2.24, 2.45) is 0 Å². The molecular formula is C19H18N2O2. The molecule has 3 aromatic rings. The molecule has 1 aromatic heterocycles. The summed E-state index contributed by atoms with van der Waals surface area (Å²) < 4.78 is 0. The Bertz CT molecular complexity index is 754. The number of phenolic OH excluding ortho intramolecular Hbond substituents is 2. The Hall–Kier alpha value is -3.01. The maximum atomic E-state index is 9.56. The summed E-state index contributed by atoms with van der Waals surface area (Å²) in [6.45, 7) is 2.09. The van der Waals surface area contributed by atoms with E-state index in [2.05, 4.69) is 16.9 Å². The van der Waals surface area contributed by atoms with Gasteiger partial charge in [0.2, 0.25) is 0 Å². The number of phenols is 2. The van der Waals surface area contributed by atoms with Gasteiger partial charge in [0.05, 0.1) is 18.2 Å². The van der Waals surface area contributed by atoms with Gasteiger partial charge in [0, 0.05) is 0 Å².